The number of carbonyl (C=O) groups is 3. The predicted octanol–water partition coefficient (Wildman–Crippen LogP) is -0.333. The van der Waals surface area contributed by atoms with Gasteiger partial charge in [0.2, 0.25) is 0 Å². The SMILES string of the molecule is CC(C)C(=O)O.NC(N)(CCC(=O)O)CC(=O)O. The summed E-state index contributed by atoms with van der Waals surface area (Å²) < 4.78 is 0. The molecule has 0 bridgehead atoms. The summed E-state index contributed by atoms with van der Waals surface area (Å²) in [6.07, 6.45) is -0.699. The van der Waals surface area contributed by atoms with Crippen LogP contribution in [0.1, 0.15) is 33.1 Å². The van der Waals surface area contributed by atoms with Crippen molar-refractivity contribution in [1.82, 2.24) is 0 Å². The lowest BCUT2D eigenvalue weighted by Crippen LogP contribution is -2.51. The Morgan fingerprint density at radius 1 is 1.06 bits per heavy atom. The van der Waals surface area contributed by atoms with Gasteiger partial charge in [-0.25, -0.2) is 0 Å². The zero-order valence-corrected chi connectivity index (χ0v) is 10.4. The van der Waals surface area contributed by atoms with E-state index in [0.717, 1.165) is 0 Å². The third-order valence-electron chi connectivity index (χ3n) is 1.78. The molecule has 0 aliphatic heterocycles. The van der Waals surface area contributed by atoms with Crippen LogP contribution in [0.3, 0.4) is 0 Å². The number of carboxylic acids is 3. The van der Waals surface area contributed by atoms with Gasteiger partial charge in [-0.2, -0.15) is 0 Å². The molecule has 0 heterocycles. The Morgan fingerprint density at radius 3 is 1.67 bits per heavy atom. The minimum Gasteiger partial charge on any atom is -0.481 e. The van der Waals surface area contributed by atoms with Crippen LogP contribution < -0.4 is 11.5 Å². The summed E-state index contributed by atoms with van der Waals surface area (Å²) in [6.45, 7) is 3.28. The van der Waals surface area contributed by atoms with Crippen molar-refractivity contribution in [3.05, 3.63) is 0 Å². The summed E-state index contributed by atoms with van der Waals surface area (Å²) in [5.74, 6) is -3.15. The van der Waals surface area contributed by atoms with E-state index in [1.165, 1.54) is 0 Å². The molecular formula is C10H20N2O6. The fourth-order valence-electron chi connectivity index (χ4n) is 0.710. The van der Waals surface area contributed by atoms with Crippen molar-refractivity contribution in [2.24, 2.45) is 17.4 Å². The van der Waals surface area contributed by atoms with Crippen molar-refractivity contribution in [1.29, 1.82) is 0 Å². The van der Waals surface area contributed by atoms with Crippen LogP contribution in [-0.4, -0.2) is 38.9 Å². The van der Waals surface area contributed by atoms with Crippen molar-refractivity contribution in [2.75, 3.05) is 0 Å². The van der Waals surface area contributed by atoms with Gasteiger partial charge in [0, 0.05) is 6.42 Å². The van der Waals surface area contributed by atoms with Crippen LogP contribution in [0.2, 0.25) is 0 Å². The second-order valence-corrected chi connectivity index (χ2v) is 4.19. The normalized spacial score (nSPS) is 10.5. The standard InChI is InChI=1S/C6H12N2O4.C4H8O2/c7-6(8,3-5(11)12)2-1-4(9)10;1-3(2)4(5)6/h1-3,7-8H2,(H,9,10)(H,11,12);3H,1-2H3,(H,5,6). The Balaban J connectivity index is 0. The van der Waals surface area contributed by atoms with Crippen LogP contribution in [-0.2, 0) is 14.4 Å². The average molecular weight is 264 g/mol. The molecule has 0 radical (unpaired) electrons. The fraction of sp³-hybridized carbons (Fsp3) is 0.700. The molecule has 0 aromatic rings. The second-order valence-electron chi connectivity index (χ2n) is 4.19. The van der Waals surface area contributed by atoms with E-state index in [1.807, 2.05) is 0 Å². The molecule has 7 N–H and O–H groups in total. The summed E-state index contributed by atoms with van der Waals surface area (Å²) in [5.41, 5.74) is 9.17. The summed E-state index contributed by atoms with van der Waals surface area (Å²) in [7, 11) is 0. The monoisotopic (exact) mass is 264 g/mol. The van der Waals surface area contributed by atoms with E-state index in [2.05, 4.69) is 0 Å². The van der Waals surface area contributed by atoms with Gasteiger partial charge in [0.15, 0.2) is 0 Å². The van der Waals surface area contributed by atoms with Crippen LogP contribution in [0.5, 0.6) is 0 Å². The molecule has 0 aromatic carbocycles. The van der Waals surface area contributed by atoms with E-state index >= 15 is 0 Å². The van der Waals surface area contributed by atoms with Gasteiger partial charge in [0.25, 0.3) is 0 Å². The van der Waals surface area contributed by atoms with E-state index in [4.69, 9.17) is 26.8 Å². The molecule has 0 saturated carbocycles. The number of hydrogen-bond donors (Lipinski definition) is 5. The van der Waals surface area contributed by atoms with E-state index < -0.39 is 30.0 Å². The van der Waals surface area contributed by atoms with E-state index in [1.54, 1.807) is 13.8 Å². The van der Waals surface area contributed by atoms with Gasteiger partial charge in [0.1, 0.15) is 0 Å². The Labute approximate surface area is 105 Å². The first-order chi connectivity index (χ1) is 7.98. The molecule has 106 valence electrons. The average Bonchev–Trinajstić information content (AvgIpc) is 2.13. The Morgan fingerprint density at radius 2 is 1.44 bits per heavy atom. The molecule has 0 rings (SSSR count). The first-order valence-corrected chi connectivity index (χ1v) is 5.22. The Hall–Kier alpha value is -1.67. The van der Waals surface area contributed by atoms with E-state index in [-0.39, 0.29) is 18.8 Å². The lowest BCUT2D eigenvalue weighted by atomic mass is 10.0. The third-order valence-corrected chi connectivity index (χ3v) is 1.78. The maximum atomic E-state index is 10.2. The maximum Gasteiger partial charge on any atom is 0.306 e. The molecule has 18 heavy (non-hydrogen) atoms. The van der Waals surface area contributed by atoms with Crippen LogP contribution in [0.25, 0.3) is 0 Å². The van der Waals surface area contributed by atoms with E-state index in [9.17, 15) is 14.4 Å². The summed E-state index contributed by atoms with van der Waals surface area (Å²) in [6, 6.07) is 0. The van der Waals surface area contributed by atoms with Gasteiger partial charge < -0.3 is 26.8 Å². The predicted molar refractivity (Wildman–Crippen MR) is 62.7 cm³/mol. The third kappa shape index (κ3) is 14.3. The number of nitrogens with two attached hydrogens (primary N) is 2. The van der Waals surface area contributed by atoms with E-state index in [0.29, 0.717) is 0 Å². The molecule has 0 aliphatic carbocycles. The minimum absolute atomic E-state index is 0.0470. The van der Waals surface area contributed by atoms with Gasteiger partial charge in [-0.1, -0.05) is 13.8 Å². The van der Waals surface area contributed by atoms with Crippen molar-refractivity contribution in [3.63, 3.8) is 0 Å². The Kier molecular flexibility index (Phi) is 8.75. The zero-order chi connectivity index (χ0) is 14.9. The topological polar surface area (TPSA) is 164 Å². The highest BCUT2D eigenvalue weighted by molar-refractivity contribution is 5.69. The highest BCUT2D eigenvalue weighted by atomic mass is 16.4. The highest BCUT2D eigenvalue weighted by Gasteiger charge is 2.23. The molecule has 0 aliphatic rings. The first kappa shape index (κ1) is 18.7. The second kappa shape index (κ2) is 8.43. The molecule has 0 saturated heterocycles. The largest absolute Gasteiger partial charge is 0.481 e. The molecule has 0 aromatic heterocycles. The number of rotatable bonds is 6. The summed E-state index contributed by atoms with van der Waals surface area (Å²) in [5, 5.41) is 24.6. The van der Waals surface area contributed by atoms with Gasteiger partial charge in [-0.15, -0.1) is 0 Å². The van der Waals surface area contributed by atoms with Gasteiger partial charge in [0.05, 0.1) is 18.0 Å². The van der Waals surface area contributed by atoms with Gasteiger partial charge in [-0.3, -0.25) is 14.4 Å². The summed E-state index contributed by atoms with van der Waals surface area (Å²) in [4.78, 5) is 29.9. The smallest absolute Gasteiger partial charge is 0.306 e. The first-order valence-electron chi connectivity index (χ1n) is 5.22. The van der Waals surface area contributed by atoms with Crippen molar-refractivity contribution < 1.29 is 29.7 Å². The Bertz CT molecular complexity index is 301. The van der Waals surface area contributed by atoms with Crippen molar-refractivity contribution >= 4 is 17.9 Å². The van der Waals surface area contributed by atoms with Gasteiger partial charge >= 0.3 is 17.9 Å². The quantitative estimate of drug-likeness (QED) is 0.407. The maximum absolute atomic E-state index is 10.2. The molecule has 0 spiro atoms. The van der Waals surface area contributed by atoms with Gasteiger partial charge in [-0.05, 0) is 6.42 Å². The van der Waals surface area contributed by atoms with Crippen LogP contribution >= 0.6 is 0 Å². The minimum atomic E-state index is -1.43. The number of aliphatic carboxylic acids is 3. The molecule has 0 amide bonds. The highest BCUT2D eigenvalue weighted by Crippen LogP contribution is 2.07. The lowest BCUT2D eigenvalue weighted by molar-refractivity contribution is -0.140. The lowest BCUT2D eigenvalue weighted by Gasteiger charge is -2.20. The van der Waals surface area contributed by atoms with Crippen LogP contribution in [0, 0.1) is 5.92 Å². The fourth-order valence-corrected chi connectivity index (χ4v) is 0.710. The van der Waals surface area contributed by atoms with Crippen molar-refractivity contribution in [2.45, 2.75) is 38.8 Å². The molecule has 8 heteroatoms. The zero-order valence-electron chi connectivity index (χ0n) is 10.4. The molecule has 0 atom stereocenters. The van der Waals surface area contributed by atoms with Crippen molar-refractivity contribution in [3.8, 4) is 0 Å². The molecule has 8 nitrogen and oxygen atoms in total. The summed E-state index contributed by atoms with van der Waals surface area (Å²) >= 11 is 0. The van der Waals surface area contributed by atoms with Crippen LogP contribution in [0.15, 0.2) is 0 Å². The molecule has 0 unspecified atom stereocenters. The number of carboxylic acid groups (broad SMARTS) is 3. The molecule has 0 fully saturated rings. The number of hydrogen-bond acceptors (Lipinski definition) is 5. The van der Waals surface area contributed by atoms with Crippen LogP contribution in [0.4, 0.5) is 0 Å². The molecular weight excluding hydrogens is 244 g/mol.